The second-order valence-electron chi connectivity index (χ2n) is 21.3. The number of rotatable bonds is 23. The molecule has 3 heterocycles. The molecule has 0 aliphatic carbocycles. The largest absolute Gasteiger partial charge is 0.463 e. The Bertz CT molecular complexity index is 3580. The van der Waals surface area contributed by atoms with Gasteiger partial charge in [0.1, 0.15) is 24.9 Å². The molecule has 0 amide bonds. The first-order chi connectivity index (χ1) is 45.3. The van der Waals surface area contributed by atoms with Gasteiger partial charge in [-0.2, -0.15) is 0 Å². The van der Waals surface area contributed by atoms with Gasteiger partial charge in [-0.25, -0.2) is 28.8 Å². The molecule has 26 heteroatoms. The number of hydrogen-bond acceptors (Lipinski definition) is 26. The van der Waals surface area contributed by atoms with Crippen molar-refractivity contribution < 1.29 is 124 Å². The van der Waals surface area contributed by atoms with Crippen molar-refractivity contribution in [2.24, 2.45) is 0 Å². The molecule has 3 fully saturated rings. The maximum Gasteiger partial charge on any atom is 0.338 e. The number of hydrogen-bond donors (Lipinski definition) is 1. The van der Waals surface area contributed by atoms with Gasteiger partial charge in [0, 0.05) is 27.7 Å². The van der Waals surface area contributed by atoms with Gasteiger partial charge in [-0.3, -0.25) is 19.2 Å². The summed E-state index contributed by atoms with van der Waals surface area (Å²) in [6, 6.07) is 45.0. The zero-order valence-corrected chi connectivity index (χ0v) is 50.8. The van der Waals surface area contributed by atoms with Crippen LogP contribution in [-0.2, 0) is 90.2 Å². The quantitative estimate of drug-likeness (QED) is 0.0576. The number of carbonyl (C=O) groups excluding carboxylic acids is 10. The molecule has 492 valence electrons. The summed E-state index contributed by atoms with van der Waals surface area (Å²) in [5.74, 6) is -10.0. The molecule has 0 saturated carbocycles. The number of ether oxygens (including phenoxy) is 15. The Morgan fingerprint density at radius 2 is 0.521 bits per heavy atom. The summed E-state index contributed by atoms with van der Waals surface area (Å²) >= 11 is 0. The van der Waals surface area contributed by atoms with Crippen LogP contribution in [0, 0.1) is 0 Å². The van der Waals surface area contributed by atoms with Crippen molar-refractivity contribution in [3.8, 4) is 0 Å². The summed E-state index contributed by atoms with van der Waals surface area (Å²) in [7, 11) is 0. The van der Waals surface area contributed by atoms with Gasteiger partial charge < -0.3 is 76.2 Å². The molecule has 0 unspecified atom stereocenters. The van der Waals surface area contributed by atoms with Crippen molar-refractivity contribution in [1.29, 1.82) is 0 Å². The minimum Gasteiger partial charge on any atom is -0.463 e. The number of aliphatic hydroxyl groups excluding tert-OH is 1. The molecule has 0 radical (unpaired) electrons. The van der Waals surface area contributed by atoms with Crippen LogP contribution < -0.4 is 0 Å². The van der Waals surface area contributed by atoms with Crippen LogP contribution >= 0.6 is 0 Å². The minimum absolute atomic E-state index is 0.000337. The summed E-state index contributed by atoms with van der Waals surface area (Å²) in [6.07, 6.45) is -28.4. The smallest absolute Gasteiger partial charge is 0.338 e. The highest BCUT2D eigenvalue weighted by atomic mass is 16.8. The summed E-state index contributed by atoms with van der Waals surface area (Å²) in [5.41, 5.74) is -0.227. The normalized spacial score (nSPS) is 25.5. The third-order valence-electron chi connectivity index (χ3n) is 14.5. The molecule has 94 heavy (non-hydrogen) atoms. The monoisotopic (exact) mass is 1300 g/mol. The van der Waals surface area contributed by atoms with E-state index in [1.807, 2.05) is 0 Å². The molecule has 0 bridgehead atoms. The lowest BCUT2D eigenvalue weighted by molar-refractivity contribution is -0.339. The Morgan fingerprint density at radius 3 is 0.851 bits per heavy atom. The van der Waals surface area contributed by atoms with Crippen molar-refractivity contribution in [3.63, 3.8) is 0 Å². The van der Waals surface area contributed by atoms with Gasteiger partial charge in [0.25, 0.3) is 0 Å². The highest BCUT2D eigenvalue weighted by molar-refractivity contribution is 5.93. The fourth-order valence-corrected chi connectivity index (χ4v) is 10.3. The standard InChI is InChI=1S/C68H64O26/c1-38(69)80-35-49-51(83-39(2)70)55(84-40(3)71)58(85-41(4)72)67(87-49)82-37-50-53(90-61(74)43-25-13-6-14-26-43)56(92-63(76)45-29-17-8-18-30-45)59(94-65(78)47-33-21-10-22-34-47)68(88-50)81-36-48-52(89-60(73)42-23-11-5-12-24-42)54(91-62(75)44-27-15-7-16-28-44)57(66(79)86-48)93-64(77)46-31-19-9-20-32-46/h5-34,48-59,66-68,79H,35-37H2,1-4H3/t48-,49-,50-,51-,52-,53-,54+,55+,56+,57+,58+,59+,66+,67+,68+/m1/s1. The van der Waals surface area contributed by atoms with Crippen molar-refractivity contribution >= 4 is 59.7 Å². The second kappa shape index (κ2) is 32.4. The Balaban J connectivity index is 1.16. The number of esters is 10. The third kappa shape index (κ3) is 17.9. The molecule has 9 rings (SSSR count). The fraction of sp³-hybridized carbons (Fsp3) is 0.324. The van der Waals surface area contributed by atoms with Crippen LogP contribution in [0.4, 0.5) is 0 Å². The molecule has 6 aromatic rings. The second-order valence-corrected chi connectivity index (χ2v) is 21.3. The molecule has 3 aliphatic heterocycles. The Labute approximate surface area is 536 Å². The SMILES string of the molecule is CC(=O)OC[C@H]1O[C@H](OC[C@H]2O[C@H](OC[C@H]3O[C@H](O)[C@@H](OC(=O)c4ccccc4)[C@@H](OC(=O)c4ccccc4)[C@@H]3OC(=O)c3ccccc3)[C@@H](OC(=O)c3ccccc3)[C@@H](OC(=O)c3ccccc3)[C@@H]2OC(=O)c2ccccc2)[C@@H](OC(C)=O)[C@@H](OC(C)=O)[C@@H]1OC(C)=O. The van der Waals surface area contributed by atoms with Crippen LogP contribution in [-0.4, -0.2) is 177 Å². The first-order valence-corrected chi connectivity index (χ1v) is 29.4. The average molecular weight is 1300 g/mol. The molecule has 3 saturated heterocycles. The molecule has 26 nitrogen and oxygen atoms in total. The molecular formula is C68H64O26. The molecular weight excluding hydrogens is 1230 g/mol. The summed E-state index contributed by atoms with van der Waals surface area (Å²) in [4.78, 5) is 137. The number of carbonyl (C=O) groups is 10. The predicted octanol–water partition coefficient (Wildman–Crippen LogP) is 5.90. The van der Waals surface area contributed by atoms with Gasteiger partial charge in [-0.1, -0.05) is 109 Å². The van der Waals surface area contributed by atoms with Crippen molar-refractivity contribution in [2.75, 3.05) is 19.8 Å². The van der Waals surface area contributed by atoms with E-state index < -0.39 is 172 Å². The molecule has 15 atom stereocenters. The highest BCUT2D eigenvalue weighted by Crippen LogP contribution is 2.37. The van der Waals surface area contributed by atoms with E-state index in [-0.39, 0.29) is 33.4 Å². The lowest BCUT2D eigenvalue weighted by Crippen LogP contribution is -2.65. The van der Waals surface area contributed by atoms with Gasteiger partial charge in [-0.05, 0) is 72.8 Å². The van der Waals surface area contributed by atoms with Gasteiger partial charge in [0.05, 0.1) is 46.6 Å². The summed E-state index contributed by atoms with van der Waals surface area (Å²) < 4.78 is 91.0. The lowest BCUT2D eigenvalue weighted by atomic mass is 9.96. The zero-order valence-electron chi connectivity index (χ0n) is 50.8. The van der Waals surface area contributed by atoms with Crippen LogP contribution in [0.1, 0.15) is 89.8 Å². The van der Waals surface area contributed by atoms with Gasteiger partial charge in [-0.15, -0.1) is 0 Å². The van der Waals surface area contributed by atoms with E-state index in [4.69, 9.17) is 71.1 Å². The van der Waals surface area contributed by atoms with E-state index in [0.29, 0.717) is 0 Å². The van der Waals surface area contributed by atoms with E-state index in [1.54, 1.807) is 48.5 Å². The van der Waals surface area contributed by atoms with Crippen LogP contribution in [0.15, 0.2) is 182 Å². The van der Waals surface area contributed by atoms with Gasteiger partial charge >= 0.3 is 59.7 Å². The number of benzene rings is 6. The molecule has 0 spiro atoms. The average Bonchev–Trinajstić information content (AvgIpc) is 0.794. The first-order valence-electron chi connectivity index (χ1n) is 29.4. The van der Waals surface area contributed by atoms with Gasteiger partial charge in [0.2, 0.25) is 0 Å². The zero-order chi connectivity index (χ0) is 66.8. The summed E-state index contributed by atoms with van der Waals surface area (Å²) in [5, 5.41) is 12.0. The minimum atomic E-state index is -2.22. The Morgan fingerprint density at radius 1 is 0.287 bits per heavy atom. The molecule has 3 aliphatic rings. The summed E-state index contributed by atoms with van der Waals surface area (Å²) in [6.45, 7) is 1.58. The highest BCUT2D eigenvalue weighted by Gasteiger charge is 2.58. The van der Waals surface area contributed by atoms with E-state index in [2.05, 4.69) is 0 Å². The van der Waals surface area contributed by atoms with Gasteiger partial charge in [0.15, 0.2) is 73.8 Å². The van der Waals surface area contributed by atoms with Crippen LogP contribution in [0.3, 0.4) is 0 Å². The van der Waals surface area contributed by atoms with E-state index in [0.717, 1.165) is 27.7 Å². The molecule has 6 aromatic carbocycles. The Hall–Kier alpha value is -10.2. The van der Waals surface area contributed by atoms with E-state index in [1.165, 1.54) is 133 Å². The molecule has 0 aromatic heterocycles. The third-order valence-corrected chi connectivity index (χ3v) is 14.5. The van der Waals surface area contributed by atoms with Crippen molar-refractivity contribution in [1.82, 2.24) is 0 Å². The van der Waals surface area contributed by atoms with E-state index >= 15 is 0 Å². The predicted molar refractivity (Wildman–Crippen MR) is 317 cm³/mol. The Kier molecular flexibility index (Phi) is 23.5. The van der Waals surface area contributed by atoms with Crippen LogP contribution in [0.5, 0.6) is 0 Å². The number of aliphatic hydroxyl groups is 1. The van der Waals surface area contributed by atoms with Crippen molar-refractivity contribution in [3.05, 3.63) is 215 Å². The van der Waals surface area contributed by atoms with Crippen LogP contribution in [0.25, 0.3) is 0 Å². The lowest BCUT2D eigenvalue weighted by Gasteiger charge is -2.47. The first kappa shape index (κ1) is 68.2. The maximum atomic E-state index is 14.6. The maximum absolute atomic E-state index is 14.6. The van der Waals surface area contributed by atoms with E-state index in [9.17, 15) is 53.1 Å². The molecule has 1 N–H and O–H groups in total. The fourth-order valence-electron chi connectivity index (χ4n) is 10.3. The van der Waals surface area contributed by atoms with Crippen molar-refractivity contribution in [2.45, 2.75) is 120 Å². The topological polar surface area (TPSA) is 329 Å². The van der Waals surface area contributed by atoms with Crippen LogP contribution in [0.2, 0.25) is 0 Å².